The van der Waals surface area contributed by atoms with Crippen LogP contribution in [0.25, 0.3) is 0 Å². The van der Waals surface area contributed by atoms with Crippen LogP contribution in [0.15, 0.2) is 53.4 Å². The van der Waals surface area contributed by atoms with Crippen LogP contribution in [0.2, 0.25) is 0 Å². The Morgan fingerprint density at radius 3 is 2.39 bits per heavy atom. The van der Waals surface area contributed by atoms with Crippen molar-refractivity contribution in [2.45, 2.75) is 18.4 Å². The number of piperazine rings is 1. The molecule has 2 aromatic carbocycles. The van der Waals surface area contributed by atoms with E-state index in [-0.39, 0.29) is 29.7 Å². The molecule has 28 heavy (non-hydrogen) atoms. The smallest absolute Gasteiger partial charge is 0.243 e. The van der Waals surface area contributed by atoms with Crippen molar-refractivity contribution in [3.63, 3.8) is 0 Å². The van der Waals surface area contributed by atoms with Crippen LogP contribution in [-0.2, 0) is 21.4 Å². The van der Waals surface area contributed by atoms with Gasteiger partial charge in [-0.1, -0.05) is 30.3 Å². The molecule has 2 aromatic rings. The molecule has 1 heterocycles. The molecule has 1 fully saturated rings. The number of benzene rings is 2. The Hall–Kier alpha value is -2.29. The van der Waals surface area contributed by atoms with Crippen molar-refractivity contribution in [2.24, 2.45) is 0 Å². The number of hydrogen-bond donors (Lipinski definition) is 1. The van der Waals surface area contributed by atoms with Gasteiger partial charge in [0.2, 0.25) is 15.9 Å². The zero-order valence-corrected chi connectivity index (χ0v) is 16.6. The normalized spacial score (nSPS) is 16.1. The quantitative estimate of drug-likeness (QED) is 0.795. The first-order valence-corrected chi connectivity index (χ1v) is 10.6. The summed E-state index contributed by atoms with van der Waals surface area (Å²) in [5.41, 5.74) is 1.27. The molecule has 0 unspecified atom stereocenters. The van der Waals surface area contributed by atoms with Crippen molar-refractivity contribution in [1.82, 2.24) is 14.5 Å². The first kappa shape index (κ1) is 20.4. The van der Waals surface area contributed by atoms with Gasteiger partial charge in [0.25, 0.3) is 0 Å². The highest BCUT2D eigenvalue weighted by atomic mass is 32.2. The molecule has 1 aliphatic rings. The summed E-state index contributed by atoms with van der Waals surface area (Å²) in [5, 5.41) is 2.78. The molecule has 0 saturated carbocycles. The third-order valence-corrected chi connectivity index (χ3v) is 6.72. The van der Waals surface area contributed by atoms with Crippen molar-refractivity contribution >= 4 is 15.9 Å². The van der Waals surface area contributed by atoms with Crippen LogP contribution >= 0.6 is 0 Å². The third kappa shape index (κ3) is 4.95. The molecule has 0 bridgehead atoms. The van der Waals surface area contributed by atoms with Crippen LogP contribution < -0.4 is 5.32 Å². The van der Waals surface area contributed by atoms with E-state index in [1.807, 2.05) is 4.90 Å². The molecular weight excluding hydrogens is 381 g/mol. The van der Waals surface area contributed by atoms with Gasteiger partial charge in [-0.3, -0.25) is 9.69 Å². The van der Waals surface area contributed by atoms with E-state index in [9.17, 15) is 17.6 Å². The lowest BCUT2D eigenvalue weighted by atomic mass is 10.1. The summed E-state index contributed by atoms with van der Waals surface area (Å²) in [6, 6.07) is 13.2. The number of hydrogen-bond acceptors (Lipinski definition) is 4. The number of carbonyl (C=O) groups excluding carboxylic acids is 1. The van der Waals surface area contributed by atoms with E-state index in [1.54, 1.807) is 49.4 Å². The van der Waals surface area contributed by atoms with E-state index >= 15 is 0 Å². The molecular formula is C20H24FN3O3S. The molecule has 8 heteroatoms. The van der Waals surface area contributed by atoms with Gasteiger partial charge in [-0.2, -0.15) is 4.31 Å². The van der Waals surface area contributed by atoms with Crippen molar-refractivity contribution < 1.29 is 17.6 Å². The van der Waals surface area contributed by atoms with E-state index in [4.69, 9.17) is 0 Å². The maximum absolute atomic E-state index is 13.6. The summed E-state index contributed by atoms with van der Waals surface area (Å²) in [6.07, 6.45) is 0. The molecule has 150 valence electrons. The lowest BCUT2D eigenvalue weighted by Gasteiger charge is -2.33. The molecule has 0 aliphatic carbocycles. The predicted molar refractivity (Wildman–Crippen MR) is 105 cm³/mol. The van der Waals surface area contributed by atoms with Gasteiger partial charge in [0.15, 0.2) is 0 Å². The number of aryl methyl sites for hydroxylation is 1. The van der Waals surface area contributed by atoms with Crippen LogP contribution in [0.5, 0.6) is 0 Å². The highest BCUT2D eigenvalue weighted by Crippen LogP contribution is 2.17. The van der Waals surface area contributed by atoms with Gasteiger partial charge >= 0.3 is 0 Å². The number of carbonyl (C=O) groups is 1. The van der Waals surface area contributed by atoms with Gasteiger partial charge in [0, 0.05) is 32.7 Å². The number of nitrogens with one attached hydrogen (secondary N) is 1. The average molecular weight is 405 g/mol. The molecule has 3 rings (SSSR count). The molecule has 1 aliphatic heterocycles. The van der Waals surface area contributed by atoms with Crippen LogP contribution in [0.4, 0.5) is 4.39 Å². The summed E-state index contributed by atoms with van der Waals surface area (Å²) >= 11 is 0. The number of rotatable bonds is 6. The highest BCUT2D eigenvalue weighted by Gasteiger charge is 2.28. The van der Waals surface area contributed by atoms with Gasteiger partial charge in [-0.25, -0.2) is 12.8 Å². The number of sulfonamides is 1. The topological polar surface area (TPSA) is 69.7 Å². The second-order valence-electron chi connectivity index (χ2n) is 6.85. The number of amides is 1. The summed E-state index contributed by atoms with van der Waals surface area (Å²) < 4.78 is 40.3. The first-order valence-electron chi connectivity index (χ1n) is 9.15. The minimum absolute atomic E-state index is 0.166. The lowest BCUT2D eigenvalue weighted by molar-refractivity contribution is -0.122. The van der Waals surface area contributed by atoms with Gasteiger partial charge in [0.1, 0.15) is 5.82 Å². The average Bonchev–Trinajstić information content (AvgIpc) is 2.70. The molecule has 6 nitrogen and oxygen atoms in total. The van der Waals surface area contributed by atoms with E-state index < -0.39 is 10.0 Å². The Morgan fingerprint density at radius 1 is 1.07 bits per heavy atom. The standard InChI is InChI=1S/C20H24FN3O3S/c1-16-7-8-17(13-19(16)21)14-22-20(25)15-23-9-11-24(12-10-23)28(26,27)18-5-3-2-4-6-18/h2-8,13H,9-12,14-15H2,1H3,(H,22,25). The van der Waals surface area contributed by atoms with E-state index in [0.717, 1.165) is 0 Å². The Bertz CT molecular complexity index is 927. The monoisotopic (exact) mass is 405 g/mol. The summed E-state index contributed by atoms with van der Waals surface area (Å²) in [6.45, 7) is 3.79. The minimum Gasteiger partial charge on any atom is -0.351 e. The third-order valence-electron chi connectivity index (χ3n) is 4.81. The van der Waals surface area contributed by atoms with Crippen molar-refractivity contribution in [1.29, 1.82) is 0 Å². The Morgan fingerprint density at radius 2 is 1.75 bits per heavy atom. The van der Waals surface area contributed by atoms with Crippen molar-refractivity contribution in [2.75, 3.05) is 32.7 Å². The Balaban J connectivity index is 1.47. The van der Waals surface area contributed by atoms with Crippen LogP contribution in [-0.4, -0.2) is 56.3 Å². The predicted octanol–water partition coefficient (Wildman–Crippen LogP) is 1.76. The second kappa shape index (κ2) is 8.81. The lowest BCUT2D eigenvalue weighted by Crippen LogP contribution is -2.50. The van der Waals surface area contributed by atoms with Gasteiger partial charge in [0.05, 0.1) is 11.4 Å². The molecule has 0 spiro atoms. The maximum Gasteiger partial charge on any atom is 0.243 e. The second-order valence-corrected chi connectivity index (χ2v) is 8.79. The molecule has 0 radical (unpaired) electrons. The van der Waals surface area contributed by atoms with Crippen LogP contribution in [0, 0.1) is 12.7 Å². The minimum atomic E-state index is -3.50. The van der Waals surface area contributed by atoms with Crippen LogP contribution in [0.1, 0.15) is 11.1 Å². The fourth-order valence-corrected chi connectivity index (χ4v) is 4.52. The van der Waals surface area contributed by atoms with Crippen molar-refractivity contribution in [3.05, 3.63) is 65.5 Å². The SMILES string of the molecule is Cc1ccc(CNC(=O)CN2CCN(S(=O)(=O)c3ccccc3)CC2)cc1F. The number of halogens is 1. The summed E-state index contributed by atoms with van der Waals surface area (Å²) in [4.78, 5) is 14.4. The van der Waals surface area contributed by atoms with Gasteiger partial charge < -0.3 is 5.32 Å². The highest BCUT2D eigenvalue weighted by molar-refractivity contribution is 7.89. The zero-order valence-electron chi connectivity index (χ0n) is 15.8. The fourth-order valence-electron chi connectivity index (χ4n) is 3.08. The molecule has 1 amide bonds. The summed E-state index contributed by atoms with van der Waals surface area (Å²) in [5.74, 6) is -0.456. The maximum atomic E-state index is 13.6. The zero-order chi connectivity index (χ0) is 20.1. The fraction of sp³-hybridized carbons (Fsp3) is 0.350. The van der Waals surface area contributed by atoms with Gasteiger partial charge in [-0.05, 0) is 36.2 Å². The summed E-state index contributed by atoms with van der Waals surface area (Å²) in [7, 11) is -3.50. The van der Waals surface area contributed by atoms with Crippen molar-refractivity contribution in [3.8, 4) is 0 Å². The van der Waals surface area contributed by atoms with E-state index in [2.05, 4.69) is 5.32 Å². The number of nitrogens with zero attached hydrogens (tertiary/aromatic N) is 2. The molecule has 0 atom stereocenters. The first-order chi connectivity index (χ1) is 13.4. The largest absolute Gasteiger partial charge is 0.351 e. The van der Waals surface area contributed by atoms with Gasteiger partial charge in [-0.15, -0.1) is 0 Å². The van der Waals surface area contributed by atoms with Crippen LogP contribution in [0.3, 0.4) is 0 Å². The van der Waals surface area contributed by atoms with E-state index in [1.165, 1.54) is 10.4 Å². The Kier molecular flexibility index (Phi) is 6.43. The molecule has 1 N–H and O–H groups in total. The molecule has 0 aromatic heterocycles. The van der Waals surface area contributed by atoms with E-state index in [0.29, 0.717) is 37.3 Å². The Labute approximate surface area is 165 Å². The molecule has 1 saturated heterocycles.